The minimum Gasteiger partial charge on any atom is -0.384 e. The molecule has 1 atom stereocenters. The number of carbonyl (C=O) groups is 1. The van der Waals surface area contributed by atoms with Crippen molar-refractivity contribution >= 4 is 23.1 Å². The topological polar surface area (TPSA) is 77.7 Å². The Labute approximate surface area is 181 Å². The fraction of sp³-hybridized carbons (Fsp3) is 0.565. The number of aromatic nitrogens is 1. The number of ether oxygens (including phenoxy) is 2. The Morgan fingerprint density at radius 1 is 1.17 bits per heavy atom. The summed E-state index contributed by atoms with van der Waals surface area (Å²) in [4.78, 5) is 22.2. The molecule has 0 bridgehead atoms. The molecule has 5 rings (SSSR count). The summed E-state index contributed by atoms with van der Waals surface area (Å²) in [5.74, 6) is 0.679. The smallest absolute Gasteiger partial charge is 0.254 e. The highest BCUT2D eigenvalue weighted by molar-refractivity contribution is 7.15. The van der Waals surface area contributed by atoms with Crippen molar-refractivity contribution in [3.8, 4) is 10.6 Å². The van der Waals surface area contributed by atoms with E-state index in [1.165, 1.54) is 10.4 Å². The van der Waals surface area contributed by atoms with Crippen LogP contribution >= 0.6 is 11.3 Å². The van der Waals surface area contributed by atoms with Crippen molar-refractivity contribution in [1.82, 2.24) is 9.88 Å². The van der Waals surface area contributed by atoms with E-state index in [0.717, 1.165) is 55.7 Å². The Morgan fingerprint density at radius 3 is 2.73 bits per heavy atom. The number of thiophene rings is 1. The van der Waals surface area contributed by atoms with Crippen LogP contribution in [-0.4, -0.2) is 47.7 Å². The standard InChI is InChI=1S/C23H29N3O3S/c1-22(8-2-3-13-28-22)21(27)26-11-9-23(10-12-26)16-15-19(30-18(16)7-14-29-23)17-5-4-6-20(24)25-17/h4-6,15H,2-3,7-14H2,1H3,(H2,24,25). The van der Waals surface area contributed by atoms with E-state index in [4.69, 9.17) is 15.2 Å². The number of nitrogens with two attached hydrogens (primary N) is 1. The minimum atomic E-state index is -0.657. The van der Waals surface area contributed by atoms with Gasteiger partial charge in [-0.3, -0.25) is 4.79 Å². The van der Waals surface area contributed by atoms with E-state index in [9.17, 15) is 4.79 Å². The van der Waals surface area contributed by atoms with Gasteiger partial charge in [-0.15, -0.1) is 11.3 Å². The SMILES string of the molecule is CC1(C(=O)N2CCC3(CC2)OCCc2sc(-c4cccc(N)n4)cc23)CCCCO1. The molecule has 1 spiro atoms. The number of fused-ring (bicyclic) bond motifs is 2. The summed E-state index contributed by atoms with van der Waals surface area (Å²) in [5, 5.41) is 0. The van der Waals surface area contributed by atoms with Gasteiger partial charge < -0.3 is 20.1 Å². The number of likely N-dealkylation sites (tertiary alicyclic amines) is 1. The number of nitrogens with zero attached hydrogens (tertiary/aromatic N) is 2. The van der Waals surface area contributed by atoms with Crippen LogP contribution in [0.5, 0.6) is 0 Å². The molecule has 3 aliphatic heterocycles. The highest BCUT2D eigenvalue weighted by Crippen LogP contribution is 2.46. The Hall–Kier alpha value is -1.96. The molecule has 2 aromatic rings. The summed E-state index contributed by atoms with van der Waals surface area (Å²) >= 11 is 1.80. The van der Waals surface area contributed by atoms with E-state index in [0.29, 0.717) is 25.5 Å². The first-order valence-corrected chi connectivity index (χ1v) is 11.7. The molecule has 5 heterocycles. The van der Waals surface area contributed by atoms with Gasteiger partial charge in [0.25, 0.3) is 5.91 Å². The molecule has 3 aliphatic rings. The summed E-state index contributed by atoms with van der Waals surface area (Å²) in [6, 6.07) is 8.00. The number of piperidine rings is 1. The van der Waals surface area contributed by atoms with Crippen molar-refractivity contribution in [3.05, 3.63) is 34.7 Å². The lowest BCUT2D eigenvalue weighted by molar-refractivity contribution is -0.168. The van der Waals surface area contributed by atoms with Crippen molar-refractivity contribution in [2.24, 2.45) is 0 Å². The lowest BCUT2D eigenvalue weighted by Gasteiger charge is -2.46. The summed E-state index contributed by atoms with van der Waals surface area (Å²) in [7, 11) is 0. The van der Waals surface area contributed by atoms with Gasteiger partial charge in [0, 0.05) is 31.0 Å². The van der Waals surface area contributed by atoms with Gasteiger partial charge in [-0.25, -0.2) is 4.98 Å². The first kappa shape index (κ1) is 20.0. The number of rotatable bonds is 2. The van der Waals surface area contributed by atoms with Crippen LogP contribution in [0.3, 0.4) is 0 Å². The summed E-state index contributed by atoms with van der Waals surface area (Å²) in [6.45, 7) is 4.78. The van der Waals surface area contributed by atoms with Gasteiger partial charge in [-0.2, -0.15) is 0 Å². The molecule has 160 valence electrons. The van der Waals surface area contributed by atoms with E-state index in [1.807, 2.05) is 30.0 Å². The van der Waals surface area contributed by atoms with Crippen LogP contribution in [0.25, 0.3) is 10.6 Å². The second kappa shape index (κ2) is 7.62. The molecule has 6 nitrogen and oxygen atoms in total. The summed E-state index contributed by atoms with van der Waals surface area (Å²) in [5.41, 5.74) is 7.14. The molecule has 30 heavy (non-hydrogen) atoms. The zero-order chi connectivity index (χ0) is 20.8. The average Bonchev–Trinajstić information content (AvgIpc) is 3.21. The molecule has 1 amide bonds. The molecule has 0 radical (unpaired) electrons. The number of amides is 1. The fourth-order valence-corrected chi connectivity index (χ4v) is 6.25. The Morgan fingerprint density at radius 2 is 2.00 bits per heavy atom. The number of pyridine rings is 1. The van der Waals surface area contributed by atoms with E-state index in [1.54, 1.807) is 11.3 Å². The van der Waals surface area contributed by atoms with Gasteiger partial charge in [-0.1, -0.05) is 6.07 Å². The predicted octanol–water partition coefficient (Wildman–Crippen LogP) is 3.74. The second-order valence-electron chi connectivity index (χ2n) is 8.82. The van der Waals surface area contributed by atoms with E-state index in [-0.39, 0.29) is 11.5 Å². The normalized spacial score (nSPS) is 25.8. The zero-order valence-electron chi connectivity index (χ0n) is 17.5. The van der Waals surface area contributed by atoms with Crippen LogP contribution in [0.2, 0.25) is 0 Å². The van der Waals surface area contributed by atoms with Crippen molar-refractivity contribution in [3.63, 3.8) is 0 Å². The molecule has 2 N–H and O–H groups in total. The van der Waals surface area contributed by atoms with Crippen LogP contribution in [0.4, 0.5) is 5.82 Å². The van der Waals surface area contributed by atoms with E-state index < -0.39 is 5.60 Å². The maximum atomic E-state index is 13.2. The quantitative estimate of drug-likeness (QED) is 0.790. The van der Waals surface area contributed by atoms with Crippen LogP contribution in [-0.2, 0) is 26.3 Å². The molecule has 2 aromatic heterocycles. The lowest BCUT2D eigenvalue weighted by Crippen LogP contribution is -2.55. The third-order valence-corrected chi connectivity index (χ3v) is 8.03. The first-order valence-electron chi connectivity index (χ1n) is 10.9. The zero-order valence-corrected chi connectivity index (χ0v) is 18.3. The maximum Gasteiger partial charge on any atom is 0.254 e. The molecule has 0 saturated carbocycles. The molecule has 0 aromatic carbocycles. The summed E-state index contributed by atoms with van der Waals surface area (Å²) < 4.78 is 12.3. The van der Waals surface area contributed by atoms with Crippen molar-refractivity contribution < 1.29 is 14.3 Å². The molecular formula is C23H29N3O3S. The molecule has 0 aliphatic carbocycles. The number of carbonyl (C=O) groups excluding carboxylic acids is 1. The monoisotopic (exact) mass is 427 g/mol. The highest BCUT2D eigenvalue weighted by atomic mass is 32.1. The summed E-state index contributed by atoms with van der Waals surface area (Å²) in [6.07, 6.45) is 5.49. The Bertz CT molecular complexity index is 943. The molecule has 7 heteroatoms. The highest BCUT2D eigenvalue weighted by Gasteiger charge is 2.46. The molecule has 2 saturated heterocycles. The number of hydrogen-bond donors (Lipinski definition) is 1. The number of nitrogen functional groups attached to an aromatic ring is 1. The van der Waals surface area contributed by atoms with Crippen molar-refractivity contribution in [2.45, 2.75) is 56.7 Å². The predicted molar refractivity (Wildman–Crippen MR) is 117 cm³/mol. The van der Waals surface area contributed by atoms with Crippen LogP contribution in [0, 0.1) is 0 Å². The molecule has 2 fully saturated rings. The Kier molecular flexibility index (Phi) is 5.08. The largest absolute Gasteiger partial charge is 0.384 e. The van der Waals surface area contributed by atoms with Crippen LogP contribution in [0.1, 0.15) is 49.5 Å². The van der Waals surface area contributed by atoms with Gasteiger partial charge in [-0.05, 0) is 62.8 Å². The second-order valence-corrected chi connectivity index (χ2v) is 9.95. The molecule has 1 unspecified atom stereocenters. The van der Waals surface area contributed by atoms with Gasteiger partial charge in [0.2, 0.25) is 0 Å². The van der Waals surface area contributed by atoms with Crippen LogP contribution in [0.15, 0.2) is 24.3 Å². The van der Waals surface area contributed by atoms with E-state index >= 15 is 0 Å². The van der Waals surface area contributed by atoms with Gasteiger partial charge >= 0.3 is 0 Å². The fourth-order valence-electron chi connectivity index (χ4n) is 5.05. The third kappa shape index (κ3) is 3.43. The average molecular weight is 428 g/mol. The van der Waals surface area contributed by atoms with Crippen molar-refractivity contribution in [1.29, 1.82) is 0 Å². The number of hydrogen-bond acceptors (Lipinski definition) is 6. The lowest BCUT2D eigenvalue weighted by atomic mass is 9.81. The first-order chi connectivity index (χ1) is 14.5. The van der Waals surface area contributed by atoms with Crippen LogP contribution < -0.4 is 5.73 Å². The van der Waals surface area contributed by atoms with Gasteiger partial charge in [0.1, 0.15) is 11.4 Å². The Balaban J connectivity index is 1.36. The van der Waals surface area contributed by atoms with Gasteiger partial charge in [0.05, 0.1) is 22.8 Å². The van der Waals surface area contributed by atoms with E-state index in [2.05, 4.69) is 11.1 Å². The third-order valence-electron chi connectivity index (χ3n) is 6.81. The molecular weight excluding hydrogens is 398 g/mol. The number of anilines is 1. The van der Waals surface area contributed by atoms with Crippen molar-refractivity contribution in [2.75, 3.05) is 32.0 Å². The maximum absolute atomic E-state index is 13.2. The van der Waals surface area contributed by atoms with Gasteiger partial charge in [0.15, 0.2) is 0 Å². The minimum absolute atomic E-state index is 0.142.